The Labute approximate surface area is 131 Å². The van der Waals surface area contributed by atoms with Crippen LogP contribution in [0.15, 0.2) is 41.2 Å². The minimum atomic E-state index is -0.357. The summed E-state index contributed by atoms with van der Waals surface area (Å²) in [6.45, 7) is 0. The third-order valence-electron chi connectivity index (χ3n) is 3.65. The van der Waals surface area contributed by atoms with Gasteiger partial charge >= 0.3 is 0 Å². The number of hydrogen-bond donors (Lipinski definition) is 2. The maximum Gasteiger partial charge on any atom is 0.276 e. The lowest BCUT2D eigenvalue weighted by atomic mass is 10.2. The number of carbonyl (C=O) groups excluding carboxylic acids is 2. The zero-order chi connectivity index (χ0) is 15.8. The minimum Gasteiger partial charge on any atom is -0.296 e. The van der Waals surface area contributed by atoms with Gasteiger partial charge in [0.25, 0.3) is 5.91 Å². The standard InChI is InChI=1S/C16H13N5O2/c22-14(9-3-4-9)20-16-19-13(15(23)21-16)8-10-5-6-11-12(18-10)2-1-7-17-11/h1-2,5-9H,3-4H2,(H2,19,20,21,22,23). The minimum absolute atomic E-state index is 0.0530. The van der Waals surface area contributed by atoms with Crippen LogP contribution in [0, 0.1) is 5.92 Å². The summed E-state index contributed by atoms with van der Waals surface area (Å²) in [6.07, 6.45) is 5.07. The van der Waals surface area contributed by atoms with Crippen LogP contribution in [0.2, 0.25) is 0 Å². The second-order valence-electron chi connectivity index (χ2n) is 5.49. The van der Waals surface area contributed by atoms with E-state index in [1.807, 2.05) is 12.1 Å². The predicted octanol–water partition coefficient (Wildman–Crippen LogP) is 0.983. The quantitative estimate of drug-likeness (QED) is 0.808. The summed E-state index contributed by atoms with van der Waals surface area (Å²) in [7, 11) is 0. The second-order valence-corrected chi connectivity index (χ2v) is 5.49. The summed E-state index contributed by atoms with van der Waals surface area (Å²) in [5.41, 5.74) is 2.35. The molecule has 3 heterocycles. The van der Waals surface area contributed by atoms with E-state index in [9.17, 15) is 9.59 Å². The van der Waals surface area contributed by atoms with Crippen molar-refractivity contribution in [3.05, 3.63) is 41.9 Å². The number of nitrogens with zero attached hydrogens (tertiary/aromatic N) is 3. The van der Waals surface area contributed by atoms with Gasteiger partial charge in [0, 0.05) is 12.1 Å². The normalized spacial score (nSPS) is 18.9. The fraction of sp³-hybridized carbons (Fsp3) is 0.188. The number of carbonyl (C=O) groups is 2. The topological polar surface area (TPSA) is 96.3 Å². The Morgan fingerprint density at radius 3 is 2.96 bits per heavy atom. The zero-order valence-corrected chi connectivity index (χ0v) is 12.1. The fourth-order valence-electron chi connectivity index (χ4n) is 2.29. The van der Waals surface area contributed by atoms with E-state index in [0.29, 0.717) is 5.69 Å². The van der Waals surface area contributed by atoms with Crippen molar-refractivity contribution in [3.8, 4) is 0 Å². The van der Waals surface area contributed by atoms with Gasteiger partial charge in [-0.3, -0.25) is 25.2 Å². The number of fused-ring (bicyclic) bond motifs is 1. The SMILES string of the molecule is O=C1NC(NC(=O)C2CC2)=NC1=Cc1ccc2ncccc2n1. The van der Waals surface area contributed by atoms with Crippen LogP contribution in [0.4, 0.5) is 0 Å². The molecule has 2 N–H and O–H groups in total. The molecule has 1 aliphatic heterocycles. The molecule has 0 radical (unpaired) electrons. The number of nitrogens with one attached hydrogen (secondary N) is 2. The van der Waals surface area contributed by atoms with Crippen molar-refractivity contribution in [2.24, 2.45) is 10.9 Å². The van der Waals surface area contributed by atoms with Crippen LogP contribution in [0.25, 0.3) is 17.1 Å². The highest BCUT2D eigenvalue weighted by molar-refractivity contribution is 6.16. The Balaban J connectivity index is 1.59. The largest absolute Gasteiger partial charge is 0.296 e. The first-order chi connectivity index (χ1) is 11.2. The van der Waals surface area contributed by atoms with Gasteiger partial charge in [-0.15, -0.1) is 0 Å². The van der Waals surface area contributed by atoms with E-state index in [0.717, 1.165) is 23.9 Å². The van der Waals surface area contributed by atoms with Gasteiger partial charge in [0.05, 0.1) is 16.7 Å². The summed E-state index contributed by atoms with van der Waals surface area (Å²) < 4.78 is 0. The molecule has 7 nitrogen and oxygen atoms in total. The smallest absolute Gasteiger partial charge is 0.276 e. The zero-order valence-electron chi connectivity index (χ0n) is 12.1. The van der Waals surface area contributed by atoms with E-state index >= 15 is 0 Å². The van der Waals surface area contributed by atoms with Gasteiger partial charge in [-0.2, -0.15) is 0 Å². The van der Waals surface area contributed by atoms with Gasteiger partial charge in [-0.1, -0.05) is 0 Å². The van der Waals surface area contributed by atoms with E-state index < -0.39 is 0 Å². The molecular weight excluding hydrogens is 294 g/mol. The number of rotatable bonds is 2. The summed E-state index contributed by atoms with van der Waals surface area (Å²) in [6, 6.07) is 7.26. The highest BCUT2D eigenvalue weighted by Crippen LogP contribution is 2.28. The molecule has 0 unspecified atom stereocenters. The number of guanidine groups is 1. The molecule has 1 fully saturated rings. The van der Waals surface area contributed by atoms with Crippen LogP contribution in [-0.4, -0.2) is 27.7 Å². The molecule has 2 amide bonds. The molecule has 4 rings (SSSR count). The number of aliphatic imine (C=N–C) groups is 1. The number of aromatic nitrogens is 2. The van der Waals surface area contributed by atoms with Crippen molar-refractivity contribution in [3.63, 3.8) is 0 Å². The molecule has 1 aliphatic carbocycles. The first-order valence-corrected chi connectivity index (χ1v) is 7.33. The highest BCUT2D eigenvalue weighted by Gasteiger charge is 2.31. The first-order valence-electron chi connectivity index (χ1n) is 7.33. The molecular formula is C16H13N5O2. The molecule has 0 saturated heterocycles. The monoisotopic (exact) mass is 307 g/mol. The Morgan fingerprint density at radius 2 is 2.13 bits per heavy atom. The second kappa shape index (κ2) is 5.28. The lowest BCUT2D eigenvalue weighted by Gasteiger charge is -2.01. The van der Waals surface area contributed by atoms with Crippen LogP contribution in [0.5, 0.6) is 0 Å². The third-order valence-corrected chi connectivity index (χ3v) is 3.65. The van der Waals surface area contributed by atoms with Gasteiger partial charge in [0.15, 0.2) is 0 Å². The fourth-order valence-corrected chi connectivity index (χ4v) is 2.29. The van der Waals surface area contributed by atoms with Crippen LogP contribution >= 0.6 is 0 Å². The van der Waals surface area contributed by atoms with E-state index in [1.165, 1.54) is 0 Å². The van der Waals surface area contributed by atoms with Gasteiger partial charge in [-0.25, -0.2) is 9.98 Å². The molecule has 114 valence electrons. The molecule has 2 aliphatic rings. The molecule has 2 aromatic heterocycles. The van der Waals surface area contributed by atoms with E-state index in [-0.39, 0.29) is 29.4 Å². The summed E-state index contributed by atoms with van der Waals surface area (Å²) >= 11 is 0. The molecule has 23 heavy (non-hydrogen) atoms. The number of amides is 2. The molecule has 2 aromatic rings. The molecule has 1 saturated carbocycles. The molecule has 0 spiro atoms. The molecule has 0 bridgehead atoms. The maximum absolute atomic E-state index is 11.9. The average molecular weight is 307 g/mol. The van der Waals surface area contributed by atoms with Crippen molar-refractivity contribution >= 4 is 34.9 Å². The van der Waals surface area contributed by atoms with Crippen LogP contribution in [0.3, 0.4) is 0 Å². The van der Waals surface area contributed by atoms with E-state index in [4.69, 9.17) is 0 Å². The van der Waals surface area contributed by atoms with E-state index in [2.05, 4.69) is 25.6 Å². The van der Waals surface area contributed by atoms with Crippen LogP contribution in [0.1, 0.15) is 18.5 Å². The van der Waals surface area contributed by atoms with Crippen molar-refractivity contribution in [1.82, 2.24) is 20.6 Å². The Morgan fingerprint density at radius 1 is 1.26 bits per heavy atom. The van der Waals surface area contributed by atoms with Crippen molar-refractivity contribution < 1.29 is 9.59 Å². The van der Waals surface area contributed by atoms with Crippen molar-refractivity contribution in [2.45, 2.75) is 12.8 Å². The van der Waals surface area contributed by atoms with Gasteiger partial charge in [-0.05, 0) is 43.2 Å². The maximum atomic E-state index is 11.9. The Bertz CT molecular complexity index is 883. The van der Waals surface area contributed by atoms with Gasteiger partial charge in [0.1, 0.15) is 5.70 Å². The van der Waals surface area contributed by atoms with Crippen molar-refractivity contribution in [1.29, 1.82) is 0 Å². The molecule has 7 heteroatoms. The number of hydrogen-bond acceptors (Lipinski definition) is 5. The average Bonchev–Trinajstić information content (AvgIpc) is 3.34. The van der Waals surface area contributed by atoms with Crippen LogP contribution in [-0.2, 0) is 9.59 Å². The van der Waals surface area contributed by atoms with Crippen LogP contribution < -0.4 is 10.6 Å². The summed E-state index contributed by atoms with van der Waals surface area (Å²) in [4.78, 5) is 36.4. The number of pyridine rings is 2. The Hall–Kier alpha value is -3.09. The first kappa shape index (κ1) is 13.6. The summed E-state index contributed by atoms with van der Waals surface area (Å²) in [5, 5.41) is 5.17. The molecule has 0 atom stereocenters. The molecule has 0 aromatic carbocycles. The van der Waals surface area contributed by atoms with Gasteiger partial charge < -0.3 is 0 Å². The lowest BCUT2D eigenvalue weighted by molar-refractivity contribution is -0.120. The summed E-state index contributed by atoms with van der Waals surface area (Å²) in [5.74, 6) is -0.220. The third kappa shape index (κ3) is 2.80. The predicted molar refractivity (Wildman–Crippen MR) is 84.0 cm³/mol. The van der Waals surface area contributed by atoms with Gasteiger partial charge in [0.2, 0.25) is 11.9 Å². The Kier molecular flexibility index (Phi) is 3.11. The lowest BCUT2D eigenvalue weighted by Crippen LogP contribution is -2.40. The van der Waals surface area contributed by atoms with Crippen molar-refractivity contribution in [2.75, 3.05) is 0 Å². The van der Waals surface area contributed by atoms with E-state index in [1.54, 1.807) is 24.4 Å². The highest BCUT2D eigenvalue weighted by atomic mass is 16.2.